The van der Waals surface area contributed by atoms with Crippen LogP contribution in [-0.2, 0) is 6.61 Å². The van der Waals surface area contributed by atoms with Crippen molar-refractivity contribution in [1.82, 2.24) is 29.1 Å². The summed E-state index contributed by atoms with van der Waals surface area (Å²) in [5, 5.41) is 14.0. The van der Waals surface area contributed by atoms with Gasteiger partial charge in [-0.05, 0) is 78.4 Å². The lowest BCUT2D eigenvalue weighted by molar-refractivity contribution is 0.281. The molecule has 0 aliphatic carbocycles. The zero-order chi connectivity index (χ0) is 37.6. The predicted octanol–water partition coefficient (Wildman–Crippen LogP) is 10.2. The number of fused-ring (bicyclic) bond motifs is 6. The molecule has 270 valence electrons. The van der Waals surface area contributed by atoms with Crippen LogP contribution in [0.5, 0.6) is 28.7 Å². The summed E-state index contributed by atoms with van der Waals surface area (Å²) < 4.78 is 22.9. The third-order valence-corrected chi connectivity index (χ3v) is 9.87. The summed E-state index contributed by atoms with van der Waals surface area (Å²) in [5.74, 6) is 5.10. The summed E-state index contributed by atoms with van der Waals surface area (Å²) in [4.78, 5) is 18.4. The van der Waals surface area contributed by atoms with Gasteiger partial charge in [0.1, 0.15) is 40.4 Å². The molecular weight excluding hydrogens is 701 g/mol. The molecule has 0 amide bonds. The summed E-state index contributed by atoms with van der Waals surface area (Å²) in [7, 11) is 1.63. The molecule has 0 bridgehead atoms. The molecule has 0 atom stereocenters. The van der Waals surface area contributed by atoms with Gasteiger partial charge < -0.3 is 19.3 Å². The summed E-state index contributed by atoms with van der Waals surface area (Å²) in [6.07, 6.45) is 6.84. The van der Waals surface area contributed by atoms with Gasteiger partial charge >= 0.3 is 0 Å². The standard InChI is InChI=1S/C46H32N6O4/c1-54-33-14-18-45(50-27-33)52-41-10-5-3-8-37(41)39-16-13-32(25-43(39)52)56-35-22-30(46-47-19-6-20-48-46)21-34(23-35)55-31-12-15-38-36-7-2-4-9-40(36)51(42(38)24-31)44-17-11-29(28-53)26-49-44/h2-27,53H,28H2,1H3. The van der Waals surface area contributed by atoms with Gasteiger partial charge in [0.15, 0.2) is 5.82 Å². The fraction of sp³-hybridized carbons (Fsp3) is 0.0435. The van der Waals surface area contributed by atoms with E-state index in [1.807, 2.05) is 91.0 Å². The van der Waals surface area contributed by atoms with Crippen molar-refractivity contribution in [1.29, 1.82) is 0 Å². The summed E-state index contributed by atoms with van der Waals surface area (Å²) in [5.41, 5.74) is 5.41. The quantitative estimate of drug-likeness (QED) is 0.156. The maximum Gasteiger partial charge on any atom is 0.159 e. The largest absolute Gasteiger partial charge is 0.495 e. The number of para-hydroxylation sites is 2. The molecule has 10 rings (SSSR count). The van der Waals surface area contributed by atoms with Crippen LogP contribution in [0.15, 0.2) is 158 Å². The Kier molecular flexibility index (Phi) is 8.08. The molecule has 10 nitrogen and oxygen atoms in total. The van der Waals surface area contributed by atoms with E-state index in [0.29, 0.717) is 34.6 Å². The van der Waals surface area contributed by atoms with E-state index in [1.54, 1.807) is 38.0 Å². The molecule has 5 heterocycles. The van der Waals surface area contributed by atoms with E-state index in [0.717, 1.165) is 66.4 Å². The molecular formula is C46H32N6O4. The van der Waals surface area contributed by atoms with E-state index in [2.05, 4.69) is 60.5 Å². The maximum atomic E-state index is 9.62. The first-order valence-electron chi connectivity index (χ1n) is 18.0. The lowest BCUT2D eigenvalue weighted by Crippen LogP contribution is -1.98. The Morgan fingerprint density at radius 3 is 1.54 bits per heavy atom. The second-order valence-corrected chi connectivity index (χ2v) is 13.3. The minimum atomic E-state index is -0.0718. The van der Waals surface area contributed by atoms with Crippen molar-refractivity contribution >= 4 is 43.6 Å². The first kappa shape index (κ1) is 33.0. The highest BCUT2D eigenvalue weighted by atomic mass is 16.5. The highest BCUT2D eigenvalue weighted by Gasteiger charge is 2.17. The second-order valence-electron chi connectivity index (χ2n) is 13.3. The third kappa shape index (κ3) is 5.81. The van der Waals surface area contributed by atoms with Crippen molar-refractivity contribution in [2.45, 2.75) is 6.61 Å². The summed E-state index contributed by atoms with van der Waals surface area (Å²) in [6, 6.07) is 43.8. The van der Waals surface area contributed by atoms with Gasteiger partial charge in [-0.3, -0.25) is 9.13 Å². The minimum Gasteiger partial charge on any atom is -0.495 e. The second kappa shape index (κ2) is 13.7. The number of hydrogen-bond acceptors (Lipinski definition) is 8. The Morgan fingerprint density at radius 1 is 0.482 bits per heavy atom. The number of aliphatic hydroxyl groups excluding tert-OH is 1. The molecule has 5 aromatic heterocycles. The van der Waals surface area contributed by atoms with Gasteiger partial charge in [0.25, 0.3) is 0 Å². The van der Waals surface area contributed by atoms with Crippen LogP contribution in [0.25, 0.3) is 66.6 Å². The first-order chi connectivity index (χ1) is 27.6. The lowest BCUT2D eigenvalue weighted by atomic mass is 10.1. The molecule has 0 saturated carbocycles. The summed E-state index contributed by atoms with van der Waals surface area (Å²) >= 11 is 0. The van der Waals surface area contributed by atoms with Crippen molar-refractivity contribution in [3.63, 3.8) is 0 Å². The number of aromatic nitrogens is 6. The van der Waals surface area contributed by atoms with Crippen LogP contribution in [0.4, 0.5) is 0 Å². The van der Waals surface area contributed by atoms with Crippen molar-refractivity contribution < 1.29 is 19.3 Å². The van der Waals surface area contributed by atoms with Crippen molar-refractivity contribution in [3.05, 3.63) is 164 Å². The molecule has 56 heavy (non-hydrogen) atoms. The van der Waals surface area contributed by atoms with Crippen LogP contribution in [0, 0.1) is 0 Å². The molecule has 0 aliphatic rings. The topological polar surface area (TPSA) is 109 Å². The molecule has 10 heteroatoms. The number of hydrogen-bond donors (Lipinski definition) is 1. The van der Waals surface area contributed by atoms with Crippen LogP contribution in [0.1, 0.15) is 5.56 Å². The Bertz CT molecular complexity index is 2860. The van der Waals surface area contributed by atoms with Gasteiger partial charge in [-0.15, -0.1) is 0 Å². The van der Waals surface area contributed by atoms with Gasteiger partial charge in [-0.1, -0.05) is 42.5 Å². The zero-order valence-corrected chi connectivity index (χ0v) is 30.1. The minimum absolute atomic E-state index is 0.0718. The number of nitrogens with zero attached hydrogens (tertiary/aromatic N) is 6. The van der Waals surface area contributed by atoms with Crippen molar-refractivity contribution in [2.24, 2.45) is 0 Å². The molecule has 1 N–H and O–H groups in total. The molecule has 10 aromatic rings. The fourth-order valence-corrected chi connectivity index (χ4v) is 7.33. The van der Waals surface area contributed by atoms with E-state index < -0.39 is 0 Å². The SMILES string of the molecule is COc1ccc(-n2c3ccccc3c3ccc(Oc4cc(Oc5ccc6c7ccccc7n(-c7ccc(CO)cn7)c6c5)cc(-c5ncccn5)c4)cc32)nc1. The van der Waals surface area contributed by atoms with E-state index in [9.17, 15) is 5.11 Å². The third-order valence-electron chi connectivity index (χ3n) is 9.87. The molecule has 0 aliphatic heterocycles. The van der Waals surface area contributed by atoms with Crippen LogP contribution in [-0.4, -0.2) is 41.3 Å². The van der Waals surface area contributed by atoms with Crippen LogP contribution in [0.2, 0.25) is 0 Å². The molecule has 0 unspecified atom stereocenters. The van der Waals surface area contributed by atoms with Crippen LogP contribution in [0.3, 0.4) is 0 Å². The normalized spacial score (nSPS) is 11.5. The molecule has 0 fully saturated rings. The average molecular weight is 733 g/mol. The highest BCUT2D eigenvalue weighted by molar-refractivity contribution is 6.10. The fourth-order valence-electron chi connectivity index (χ4n) is 7.33. The van der Waals surface area contributed by atoms with Crippen molar-refractivity contribution in [2.75, 3.05) is 7.11 Å². The van der Waals surface area contributed by atoms with Gasteiger partial charge in [-0.25, -0.2) is 19.9 Å². The molecule has 5 aromatic carbocycles. The smallest absolute Gasteiger partial charge is 0.159 e. The summed E-state index contributed by atoms with van der Waals surface area (Å²) in [6.45, 7) is -0.0718. The number of benzene rings is 5. The lowest BCUT2D eigenvalue weighted by Gasteiger charge is -2.13. The van der Waals surface area contributed by atoms with Gasteiger partial charge in [0, 0.05) is 63.9 Å². The monoisotopic (exact) mass is 732 g/mol. The van der Waals surface area contributed by atoms with Crippen LogP contribution >= 0.6 is 0 Å². The first-order valence-corrected chi connectivity index (χ1v) is 18.0. The Morgan fingerprint density at radius 2 is 1.02 bits per heavy atom. The van der Waals surface area contributed by atoms with E-state index in [-0.39, 0.29) is 6.61 Å². The molecule has 0 radical (unpaired) electrons. The van der Waals surface area contributed by atoms with E-state index in [4.69, 9.17) is 19.2 Å². The predicted molar refractivity (Wildman–Crippen MR) is 217 cm³/mol. The number of methoxy groups -OCH3 is 1. The van der Waals surface area contributed by atoms with Crippen molar-refractivity contribution in [3.8, 4) is 51.8 Å². The Balaban J connectivity index is 1.06. The Hall–Kier alpha value is -7.56. The van der Waals surface area contributed by atoms with Crippen LogP contribution < -0.4 is 14.2 Å². The van der Waals surface area contributed by atoms with Gasteiger partial charge in [-0.2, -0.15) is 0 Å². The number of ether oxygens (including phenoxy) is 3. The van der Waals surface area contributed by atoms with Gasteiger partial charge in [0.2, 0.25) is 0 Å². The maximum absolute atomic E-state index is 9.62. The zero-order valence-electron chi connectivity index (χ0n) is 30.1. The van der Waals surface area contributed by atoms with E-state index in [1.165, 1.54) is 0 Å². The van der Waals surface area contributed by atoms with Gasteiger partial charge in [0.05, 0.1) is 42.0 Å². The number of pyridine rings is 2. The van der Waals surface area contributed by atoms with E-state index >= 15 is 0 Å². The molecule has 0 saturated heterocycles. The molecule has 0 spiro atoms. The Labute approximate surface area is 320 Å². The number of aliphatic hydroxyl groups is 1. The number of rotatable bonds is 9. The highest BCUT2D eigenvalue weighted by Crippen LogP contribution is 2.39. The average Bonchev–Trinajstić information content (AvgIpc) is 3.76.